The molecule has 108 valence electrons. The van der Waals surface area contributed by atoms with Gasteiger partial charge in [0.15, 0.2) is 0 Å². The number of methoxy groups -OCH3 is 1. The molecule has 0 amide bonds. The summed E-state index contributed by atoms with van der Waals surface area (Å²) >= 11 is 0. The SMILES string of the molecule is COCCN(CCNCCN(C)C)C(C)C1CC1. The van der Waals surface area contributed by atoms with E-state index in [2.05, 4.69) is 36.1 Å². The maximum atomic E-state index is 5.21. The smallest absolute Gasteiger partial charge is 0.0589 e. The molecule has 1 aliphatic rings. The van der Waals surface area contributed by atoms with E-state index in [1.807, 2.05) is 0 Å². The van der Waals surface area contributed by atoms with Crippen LogP contribution in [0.4, 0.5) is 0 Å². The van der Waals surface area contributed by atoms with Gasteiger partial charge in [-0.05, 0) is 39.8 Å². The van der Waals surface area contributed by atoms with Gasteiger partial charge in [-0.25, -0.2) is 0 Å². The van der Waals surface area contributed by atoms with Crippen LogP contribution in [0.25, 0.3) is 0 Å². The largest absolute Gasteiger partial charge is 0.383 e. The molecule has 0 spiro atoms. The van der Waals surface area contributed by atoms with Crippen LogP contribution in [0.1, 0.15) is 19.8 Å². The van der Waals surface area contributed by atoms with Gasteiger partial charge in [0.1, 0.15) is 0 Å². The number of nitrogens with one attached hydrogen (secondary N) is 1. The summed E-state index contributed by atoms with van der Waals surface area (Å²) in [6.07, 6.45) is 2.83. The van der Waals surface area contributed by atoms with E-state index in [0.29, 0.717) is 0 Å². The molecule has 0 saturated heterocycles. The molecule has 4 heteroatoms. The molecule has 1 fully saturated rings. The fourth-order valence-electron chi connectivity index (χ4n) is 2.25. The standard InChI is InChI=1S/C14H31N3O/c1-13(14-5-6-14)17(11-12-18-4)10-8-15-7-9-16(2)3/h13-15H,5-12H2,1-4H3. The fourth-order valence-corrected chi connectivity index (χ4v) is 2.25. The lowest BCUT2D eigenvalue weighted by molar-refractivity contribution is 0.117. The molecule has 0 bridgehead atoms. The summed E-state index contributed by atoms with van der Waals surface area (Å²) in [5.41, 5.74) is 0. The van der Waals surface area contributed by atoms with E-state index in [0.717, 1.165) is 51.3 Å². The Morgan fingerprint density at radius 3 is 2.39 bits per heavy atom. The van der Waals surface area contributed by atoms with Crippen molar-refractivity contribution in [2.75, 3.05) is 60.5 Å². The van der Waals surface area contributed by atoms with Gasteiger partial charge in [-0.1, -0.05) is 0 Å². The zero-order valence-corrected chi connectivity index (χ0v) is 12.6. The van der Waals surface area contributed by atoms with Gasteiger partial charge >= 0.3 is 0 Å². The molecule has 18 heavy (non-hydrogen) atoms. The molecular weight excluding hydrogens is 226 g/mol. The Kier molecular flexibility index (Phi) is 7.82. The maximum absolute atomic E-state index is 5.21. The Bertz CT molecular complexity index is 207. The predicted molar refractivity (Wildman–Crippen MR) is 77.1 cm³/mol. The van der Waals surface area contributed by atoms with Crippen LogP contribution < -0.4 is 5.32 Å². The summed E-state index contributed by atoms with van der Waals surface area (Å²) in [5.74, 6) is 0.934. The van der Waals surface area contributed by atoms with E-state index in [1.165, 1.54) is 12.8 Å². The Balaban J connectivity index is 2.14. The highest BCUT2D eigenvalue weighted by Gasteiger charge is 2.31. The third-order valence-corrected chi connectivity index (χ3v) is 3.77. The zero-order chi connectivity index (χ0) is 13.4. The van der Waals surface area contributed by atoms with Gasteiger partial charge in [-0.2, -0.15) is 0 Å². The van der Waals surface area contributed by atoms with Crippen LogP contribution in [0, 0.1) is 5.92 Å². The van der Waals surface area contributed by atoms with Crippen molar-refractivity contribution in [3.05, 3.63) is 0 Å². The van der Waals surface area contributed by atoms with Gasteiger partial charge in [0.05, 0.1) is 6.61 Å². The Morgan fingerprint density at radius 1 is 1.17 bits per heavy atom. The summed E-state index contributed by atoms with van der Waals surface area (Å²) in [7, 11) is 6.01. The first-order chi connectivity index (χ1) is 8.65. The molecule has 0 radical (unpaired) electrons. The molecule has 1 unspecified atom stereocenters. The van der Waals surface area contributed by atoms with Crippen molar-refractivity contribution >= 4 is 0 Å². The second-order valence-electron chi connectivity index (χ2n) is 5.66. The summed E-state index contributed by atoms with van der Waals surface area (Å²) in [4.78, 5) is 4.78. The van der Waals surface area contributed by atoms with Crippen molar-refractivity contribution in [2.24, 2.45) is 5.92 Å². The number of hydrogen-bond acceptors (Lipinski definition) is 4. The van der Waals surface area contributed by atoms with Crippen LogP contribution >= 0.6 is 0 Å². The monoisotopic (exact) mass is 257 g/mol. The number of nitrogens with zero attached hydrogens (tertiary/aromatic N) is 2. The average Bonchev–Trinajstić information content (AvgIpc) is 3.15. The molecule has 1 N–H and O–H groups in total. The minimum absolute atomic E-state index is 0.718. The third kappa shape index (κ3) is 6.69. The quantitative estimate of drug-likeness (QED) is 0.556. The van der Waals surface area contributed by atoms with Crippen LogP contribution in [0.3, 0.4) is 0 Å². The average molecular weight is 257 g/mol. The van der Waals surface area contributed by atoms with Gasteiger partial charge in [0.25, 0.3) is 0 Å². The van der Waals surface area contributed by atoms with Gasteiger partial charge < -0.3 is 15.0 Å². The molecule has 1 saturated carbocycles. The first-order valence-corrected chi connectivity index (χ1v) is 7.23. The minimum atomic E-state index is 0.718. The Labute approximate surface area is 113 Å². The summed E-state index contributed by atoms with van der Waals surface area (Å²) in [6.45, 7) is 8.66. The summed E-state index contributed by atoms with van der Waals surface area (Å²) < 4.78 is 5.21. The van der Waals surface area contributed by atoms with Crippen LogP contribution in [-0.4, -0.2) is 76.4 Å². The summed E-state index contributed by atoms with van der Waals surface area (Å²) in [5, 5.41) is 3.51. The second-order valence-corrected chi connectivity index (χ2v) is 5.66. The highest BCUT2D eigenvalue weighted by Crippen LogP contribution is 2.34. The molecule has 0 aromatic carbocycles. The Morgan fingerprint density at radius 2 is 1.83 bits per heavy atom. The molecule has 1 aliphatic carbocycles. The molecular formula is C14H31N3O. The number of rotatable bonds is 11. The normalized spacial score (nSPS) is 17.7. The lowest BCUT2D eigenvalue weighted by Crippen LogP contribution is -2.42. The zero-order valence-electron chi connectivity index (χ0n) is 12.6. The minimum Gasteiger partial charge on any atom is -0.383 e. The van der Waals surface area contributed by atoms with Gasteiger partial charge in [0.2, 0.25) is 0 Å². The van der Waals surface area contributed by atoms with Crippen LogP contribution in [0.15, 0.2) is 0 Å². The maximum Gasteiger partial charge on any atom is 0.0589 e. The molecule has 0 aromatic rings. The number of ether oxygens (including phenoxy) is 1. The van der Waals surface area contributed by atoms with Gasteiger partial charge in [-0.3, -0.25) is 4.90 Å². The van der Waals surface area contributed by atoms with Crippen LogP contribution in [0.2, 0.25) is 0 Å². The molecule has 1 atom stereocenters. The molecule has 4 nitrogen and oxygen atoms in total. The van der Waals surface area contributed by atoms with E-state index in [9.17, 15) is 0 Å². The van der Waals surface area contributed by atoms with Gasteiger partial charge in [0, 0.05) is 45.9 Å². The highest BCUT2D eigenvalue weighted by atomic mass is 16.5. The van der Waals surface area contributed by atoms with Crippen molar-refractivity contribution in [3.8, 4) is 0 Å². The van der Waals surface area contributed by atoms with E-state index in [4.69, 9.17) is 4.74 Å². The van der Waals surface area contributed by atoms with E-state index in [1.54, 1.807) is 7.11 Å². The number of likely N-dealkylation sites (N-methyl/N-ethyl adjacent to an activating group) is 1. The lowest BCUT2D eigenvalue weighted by atomic mass is 10.2. The lowest BCUT2D eigenvalue weighted by Gasteiger charge is -2.29. The molecule has 0 heterocycles. The third-order valence-electron chi connectivity index (χ3n) is 3.77. The molecule has 1 rings (SSSR count). The van der Waals surface area contributed by atoms with Crippen LogP contribution in [0.5, 0.6) is 0 Å². The van der Waals surface area contributed by atoms with E-state index < -0.39 is 0 Å². The number of hydrogen-bond donors (Lipinski definition) is 1. The summed E-state index contributed by atoms with van der Waals surface area (Å²) in [6, 6.07) is 0.718. The van der Waals surface area contributed by atoms with Crippen molar-refractivity contribution in [1.82, 2.24) is 15.1 Å². The second kappa shape index (κ2) is 8.86. The molecule has 0 aromatic heterocycles. The predicted octanol–water partition coefficient (Wildman–Crippen LogP) is 0.885. The fraction of sp³-hybridized carbons (Fsp3) is 1.00. The van der Waals surface area contributed by atoms with E-state index in [-0.39, 0.29) is 0 Å². The van der Waals surface area contributed by atoms with E-state index >= 15 is 0 Å². The topological polar surface area (TPSA) is 27.7 Å². The molecule has 0 aliphatic heterocycles. The van der Waals surface area contributed by atoms with Gasteiger partial charge in [-0.15, -0.1) is 0 Å². The van der Waals surface area contributed by atoms with Crippen molar-refractivity contribution in [3.63, 3.8) is 0 Å². The highest BCUT2D eigenvalue weighted by molar-refractivity contribution is 4.85. The first kappa shape index (κ1) is 15.9. The van der Waals surface area contributed by atoms with Crippen molar-refractivity contribution in [1.29, 1.82) is 0 Å². The van der Waals surface area contributed by atoms with Crippen molar-refractivity contribution < 1.29 is 4.74 Å². The Hall–Kier alpha value is -0.160. The van der Waals surface area contributed by atoms with Crippen LogP contribution in [-0.2, 0) is 4.74 Å². The first-order valence-electron chi connectivity index (χ1n) is 7.23. The van der Waals surface area contributed by atoms with Crippen molar-refractivity contribution in [2.45, 2.75) is 25.8 Å².